The highest BCUT2D eigenvalue weighted by Crippen LogP contribution is 2.05. The molecule has 1 heterocycles. The second-order valence-electron chi connectivity index (χ2n) is 1.67. The average molecular weight is 188 g/mol. The second-order valence-corrected chi connectivity index (χ2v) is 2.56. The van der Waals surface area contributed by atoms with Gasteiger partial charge in [0.2, 0.25) is 0 Å². The van der Waals surface area contributed by atoms with Gasteiger partial charge < -0.3 is 5.41 Å². The van der Waals surface area contributed by atoms with Crippen LogP contribution >= 0.6 is 24.0 Å². The van der Waals surface area contributed by atoms with Crippen molar-refractivity contribution in [1.82, 2.24) is 4.98 Å². The molecule has 0 unspecified atom stereocenters. The molecule has 0 aliphatic rings. The van der Waals surface area contributed by atoms with Crippen molar-refractivity contribution < 1.29 is 0 Å². The zero-order valence-corrected chi connectivity index (χ0v) is 8.38. The molecule has 0 fully saturated rings. The van der Waals surface area contributed by atoms with E-state index in [9.17, 15) is 0 Å². The quantitative estimate of drug-likeness (QED) is 0.543. The fourth-order valence-corrected chi connectivity index (χ4v) is 1.18. The van der Waals surface area contributed by atoms with Crippen LogP contribution in [0.3, 0.4) is 0 Å². The standard InChI is InChI=1S/C6H8N2S.CH4S/c1-2-5(7)6-8-3-4-9-6;1-2/h3-4,7H,2H2,1H3;2H,1H3. The molecule has 1 aromatic rings. The third-order valence-electron chi connectivity index (χ3n) is 1.04. The summed E-state index contributed by atoms with van der Waals surface area (Å²) >= 11 is 5.05. The highest BCUT2D eigenvalue weighted by Gasteiger charge is 1.98. The van der Waals surface area contributed by atoms with Gasteiger partial charge in [-0.15, -0.1) is 11.3 Å². The molecule has 2 nitrogen and oxygen atoms in total. The monoisotopic (exact) mass is 188 g/mol. The molecule has 0 radical (unpaired) electrons. The summed E-state index contributed by atoms with van der Waals surface area (Å²) in [6.07, 6.45) is 4.19. The normalized spacial score (nSPS) is 8.27. The number of nitrogens with one attached hydrogen (secondary N) is 1. The number of rotatable bonds is 2. The summed E-state index contributed by atoms with van der Waals surface area (Å²) < 4.78 is 0. The summed E-state index contributed by atoms with van der Waals surface area (Å²) in [5.41, 5.74) is 0.630. The van der Waals surface area contributed by atoms with Crippen LogP contribution in [0.1, 0.15) is 18.4 Å². The van der Waals surface area contributed by atoms with Crippen molar-refractivity contribution in [3.05, 3.63) is 16.6 Å². The molecule has 0 spiro atoms. The number of nitrogens with zero attached hydrogens (tertiary/aromatic N) is 1. The van der Waals surface area contributed by atoms with Crippen molar-refractivity contribution in [2.45, 2.75) is 13.3 Å². The van der Waals surface area contributed by atoms with Crippen LogP contribution < -0.4 is 0 Å². The van der Waals surface area contributed by atoms with E-state index in [1.807, 2.05) is 12.3 Å². The van der Waals surface area contributed by atoms with E-state index in [0.717, 1.165) is 11.4 Å². The second kappa shape index (κ2) is 6.37. The molecule has 1 aromatic heterocycles. The fourth-order valence-electron chi connectivity index (χ4n) is 0.524. The average Bonchev–Trinajstić information content (AvgIpc) is 2.59. The topological polar surface area (TPSA) is 36.7 Å². The van der Waals surface area contributed by atoms with E-state index in [1.54, 1.807) is 12.5 Å². The van der Waals surface area contributed by atoms with Gasteiger partial charge in [0.1, 0.15) is 5.01 Å². The first-order valence-corrected chi connectivity index (χ1v) is 5.04. The summed E-state index contributed by atoms with van der Waals surface area (Å²) in [6, 6.07) is 0. The maximum absolute atomic E-state index is 7.34. The number of thiazole rings is 1. The molecule has 11 heavy (non-hydrogen) atoms. The Hall–Kier alpha value is -0.350. The molecule has 62 valence electrons. The van der Waals surface area contributed by atoms with E-state index in [2.05, 4.69) is 17.6 Å². The van der Waals surface area contributed by atoms with Crippen LogP contribution in [0, 0.1) is 5.41 Å². The summed E-state index contributed by atoms with van der Waals surface area (Å²) in [7, 11) is 0. The van der Waals surface area contributed by atoms with Crippen LogP contribution in [0.15, 0.2) is 11.6 Å². The van der Waals surface area contributed by atoms with Gasteiger partial charge in [0, 0.05) is 11.6 Å². The molecule has 0 aliphatic heterocycles. The Morgan fingerprint density at radius 3 is 2.73 bits per heavy atom. The van der Waals surface area contributed by atoms with E-state index in [1.165, 1.54) is 11.3 Å². The SMILES string of the molecule is CCC(=N)c1nccs1.CS. The predicted molar refractivity (Wildman–Crippen MR) is 54.1 cm³/mol. The molecule has 4 heteroatoms. The van der Waals surface area contributed by atoms with Gasteiger partial charge in [-0.3, -0.25) is 0 Å². The highest BCUT2D eigenvalue weighted by molar-refractivity contribution is 7.79. The van der Waals surface area contributed by atoms with E-state index in [0.29, 0.717) is 5.71 Å². The van der Waals surface area contributed by atoms with Gasteiger partial charge in [0.15, 0.2) is 0 Å². The maximum atomic E-state index is 7.34. The Kier molecular flexibility index (Phi) is 6.16. The lowest BCUT2D eigenvalue weighted by Crippen LogP contribution is -1.93. The first kappa shape index (κ1) is 10.7. The van der Waals surface area contributed by atoms with Crippen molar-refractivity contribution in [2.24, 2.45) is 0 Å². The van der Waals surface area contributed by atoms with Crippen molar-refractivity contribution >= 4 is 29.7 Å². The molecule has 0 saturated heterocycles. The van der Waals surface area contributed by atoms with Gasteiger partial charge in [-0.1, -0.05) is 6.92 Å². The van der Waals surface area contributed by atoms with Crippen LogP contribution in [-0.2, 0) is 0 Å². The molecule has 0 atom stereocenters. The van der Waals surface area contributed by atoms with Gasteiger partial charge in [-0.25, -0.2) is 4.98 Å². The van der Waals surface area contributed by atoms with E-state index in [4.69, 9.17) is 5.41 Å². The highest BCUT2D eigenvalue weighted by atomic mass is 32.1. The Bertz CT molecular complexity index is 194. The molecular formula is C7H12N2S2. The molecule has 0 aromatic carbocycles. The van der Waals surface area contributed by atoms with Gasteiger partial charge in [0.25, 0.3) is 0 Å². The Balaban J connectivity index is 0.000000461. The number of hydrogen-bond donors (Lipinski definition) is 2. The smallest absolute Gasteiger partial charge is 0.136 e. The lowest BCUT2D eigenvalue weighted by Gasteiger charge is -1.89. The molecular weight excluding hydrogens is 176 g/mol. The molecule has 1 rings (SSSR count). The Morgan fingerprint density at radius 2 is 2.36 bits per heavy atom. The van der Waals surface area contributed by atoms with Crippen LogP contribution in [0.25, 0.3) is 0 Å². The largest absolute Gasteiger partial charge is 0.302 e. The van der Waals surface area contributed by atoms with Crippen LogP contribution in [0.5, 0.6) is 0 Å². The van der Waals surface area contributed by atoms with Crippen LogP contribution in [-0.4, -0.2) is 17.0 Å². The van der Waals surface area contributed by atoms with E-state index < -0.39 is 0 Å². The van der Waals surface area contributed by atoms with E-state index in [-0.39, 0.29) is 0 Å². The number of aromatic nitrogens is 1. The molecule has 0 bridgehead atoms. The van der Waals surface area contributed by atoms with Crippen LogP contribution in [0.2, 0.25) is 0 Å². The lowest BCUT2D eigenvalue weighted by atomic mass is 10.3. The first-order chi connectivity index (χ1) is 5.34. The number of hydrogen-bond acceptors (Lipinski definition) is 4. The Morgan fingerprint density at radius 1 is 1.73 bits per heavy atom. The van der Waals surface area contributed by atoms with Crippen molar-refractivity contribution in [2.75, 3.05) is 6.26 Å². The fraction of sp³-hybridized carbons (Fsp3) is 0.429. The first-order valence-electron chi connectivity index (χ1n) is 3.26. The minimum atomic E-state index is 0.630. The van der Waals surface area contributed by atoms with Crippen molar-refractivity contribution in [1.29, 1.82) is 5.41 Å². The predicted octanol–water partition coefficient (Wildman–Crippen LogP) is 2.47. The van der Waals surface area contributed by atoms with Crippen LogP contribution in [0.4, 0.5) is 0 Å². The third kappa shape index (κ3) is 3.53. The summed E-state index contributed by atoms with van der Waals surface area (Å²) in [4.78, 5) is 3.98. The summed E-state index contributed by atoms with van der Waals surface area (Å²) in [5, 5.41) is 10.1. The van der Waals surface area contributed by atoms with E-state index >= 15 is 0 Å². The maximum Gasteiger partial charge on any atom is 0.136 e. The minimum absolute atomic E-state index is 0.630. The molecule has 0 aliphatic carbocycles. The molecule has 0 saturated carbocycles. The third-order valence-corrected chi connectivity index (χ3v) is 1.88. The van der Waals surface area contributed by atoms with Gasteiger partial charge in [-0.2, -0.15) is 12.6 Å². The summed E-state index contributed by atoms with van der Waals surface area (Å²) in [5.74, 6) is 0. The minimum Gasteiger partial charge on any atom is -0.302 e. The van der Waals surface area contributed by atoms with Gasteiger partial charge >= 0.3 is 0 Å². The molecule has 0 amide bonds. The van der Waals surface area contributed by atoms with Crippen molar-refractivity contribution in [3.63, 3.8) is 0 Å². The Labute approximate surface area is 76.6 Å². The number of thiol groups is 1. The van der Waals surface area contributed by atoms with Gasteiger partial charge in [0.05, 0.1) is 5.71 Å². The zero-order chi connectivity index (χ0) is 8.69. The summed E-state index contributed by atoms with van der Waals surface area (Å²) in [6.45, 7) is 1.96. The zero-order valence-electron chi connectivity index (χ0n) is 6.66. The molecule has 1 N–H and O–H groups in total. The lowest BCUT2D eigenvalue weighted by molar-refractivity contribution is 1.22. The van der Waals surface area contributed by atoms with Gasteiger partial charge in [-0.05, 0) is 12.7 Å². The van der Waals surface area contributed by atoms with Crippen molar-refractivity contribution in [3.8, 4) is 0 Å².